The third-order valence-electron chi connectivity index (χ3n) is 4.17. The number of rotatable bonds is 10. The molecule has 0 aromatic heterocycles. The van der Waals surface area contributed by atoms with Gasteiger partial charge in [0, 0.05) is 23.4 Å². The fourth-order valence-corrected chi connectivity index (χ4v) is 2.77. The molecule has 160 valence electrons. The van der Waals surface area contributed by atoms with Crippen LogP contribution in [0, 0.1) is 0 Å². The van der Waals surface area contributed by atoms with Gasteiger partial charge in [-0.2, -0.15) is 0 Å². The van der Waals surface area contributed by atoms with Crippen LogP contribution < -0.4 is 14.8 Å². The first-order valence-electron chi connectivity index (χ1n) is 9.74. The van der Waals surface area contributed by atoms with Crippen LogP contribution in [0.4, 0.5) is 4.79 Å². The van der Waals surface area contributed by atoms with Gasteiger partial charge < -0.3 is 24.3 Å². The van der Waals surface area contributed by atoms with Crippen molar-refractivity contribution in [3.05, 3.63) is 79.4 Å². The second kappa shape index (κ2) is 11.4. The van der Waals surface area contributed by atoms with E-state index in [-0.39, 0.29) is 26.4 Å². The number of carbonyl (C=O) groups is 2. The summed E-state index contributed by atoms with van der Waals surface area (Å²) in [6.45, 7) is 4.16. The molecular formula is C24H23NO6. The van der Waals surface area contributed by atoms with Gasteiger partial charge in [-0.25, -0.2) is 9.59 Å². The summed E-state index contributed by atoms with van der Waals surface area (Å²) in [5.41, 5.74) is 0. The van der Waals surface area contributed by atoms with E-state index >= 15 is 0 Å². The van der Waals surface area contributed by atoms with E-state index in [2.05, 4.69) is 11.9 Å². The number of amides is 1. The molecule has 0 spiro atoms. The summed E-state index contributed by atoms with van der Waals surface area (Å²) < 4.78 is 21.5. The maximum Gasteiger partial charge on any atom is 0.412 e. The number of ether oxygens (including phenoxy) is 4. The lowest BCUT2D eigenvalue weighted by molar-refractivity contribution is -0.139. The summed E-state index contributed by atoms with van der Waals surface area (Å²) in [5, 5.41) is 4.20. The van der Waals surface area contributed by atoms with E-state index in [0.717, 1.165) is 22.6 Å². The maximum atomic E-state index is 12.1. The van der Waals surface area contributed by atoms with Crippen LogP contribution in [0.15, 0.2) is 79.4 Å². The monoisotopic (exact) mass is 421 g/mol. The van der Waals surface area contributed by atoms with Gasteiger partial charge in [-0.05, 0) is 24.3 Å². The topological polar surface area (TPSA) is 83.1 Å². The summed E-state index contributed by atoms with van der Waals surface area (Å²) in [6.07, 6.45) is 0.491. The number of esters is 1. The molecule has 0 unspecified atom stereocenters. The van der Waals surface area contributed by atoms with E-state index in [9.17, 15) is 9.59 Å². The average molecular weight is 421 g/mol. The number of fused-ring (bicyclic) bond motifs is 1. The number of hydrogen-bond donors (Lipinski definition) is 1. The first-order valence-corrected chi connectivity index (χ1v) is 9.74. The van der Waals surface area contributed by atoms with Gasteiger partial charge in [0.25, 0.3) is 0 Å². The van der Waals surface area contributed by atoms with Crippen LogP contribution in [-0.4, -0.2) is 38.4 Å². The van der Waals surface area contributed by atoms with Crippen LogP contribution in [0.3, 0.4) is 0 Å². The van der Waals surface area contributed by atoms with E-state index in [4.69, 9.17) is 18.9 Å². The van der Waals surface area contributed by atoms with Crippen molar-refractivity contribution in [2.24, 2.45) is 0 Å². The number of para-hydroxylation sites is 1. The Kier molecular flexibility index (Phi) is 8.02. The van der Waals surface area contributed by atoms with Crippen LogP contribution in [0.5, 0.6) is 17.2 Å². The number of benzene rings is 3. The summed E-state index contributed by atoms with van der Waals surface area (Å²) in [4.78, 5) is 23.0. The summed E-state index contributed by atoms with van der Waals surface area (Å²) in [6, 6.07) is 20.5. The predicted molar refractivity (Wildman–Crippen MR) is 116 cm³/mol. The Morgan fingerprint density at radius 1 is 0.839 bits per heavy atom. The van der Waals surface area contributed by atoms with E-state index < -0.39 is 12.1 Å². The first kappa shape index (κ1) is 21.9. The molecule has 0 radical (unpaired) electrons. The van der Waals surface area contributed by atoms with E-state index in [1.54, 1.807) is 12.1 Å². The molecule has 3 aromatic rings. The van der Waals surface area contributed by atoms with Crippen molar-refractivity contribution in [3.8, 4) is 17.2 Å². The quantitative estimate of drug-likeness (QED) is 0.296. The van der Waals surface area contributed by atoms with Gasteiger partial charge in [0.15, 0.2) is 0 Å². The second-order valence-corrected chi connectivity index (χ2v) is 6.32. The molecule has 0 heterocycles. The van der Waals surface area contributed by atoms with Gasteiger partial charge in [-0.3, -0.25) is 0 Å². The van der Waals surface area contributed by atoms with Crippen molar-refractivity contribution in [2.75, 3.05) is 26.4 Å². The molecule has 0 saturated heterocycles. The van der Waals surface area contributed by atoms with Crippen LogP contribution >= 0.6 is 0 Å². The highest BCUT2D eigenvalue weighted by molar-refractivity contribution is 5.94. The normalized spacial score (nSPS) is 10.3. The minimum atomic E-state index is -0.594. The first-order chi connectivity index (χ1) is 15.2. The number of nitrogens with one attached hydrogen (secondary N) is 1. The summed E-state index contributed by atoms with van der Waals surface area (Å²) in [7, 11) is 0. The molecule has 1 N–H and O–H groups in total. The predicted octanol–water partition coefficient (Wildman–Crippen LogP) is 4.47. The Bertz CT molecular complexity index is 1030. The van der Waals surface area contributed by atoms with E-state index in [1.165, 1.54) is 0 Å². The molecule has 0 fully saturated rings. The molecule has 0 aliphatic rings. The highest BCUT2D eigenvalue weighted by Gasteiger charge is 2.11. The van der Waals surface area contributed by atoms with Crippen molar-refractivity contribution in [1.82, 2.24) is 5.32 Å². The smallest absolute Gasteiger partial charge is 0.412 e. The minimum absolute atomic E-state index is 0.124. The van der Waals surface area contributed by atoms with Gasteiger partial charge in [0.05, 0.1) is 13.2 Å². The Morgan fingerprint density at radius 3 is 2.29 bits per heavy atom. The third-order valence-corrected chi connectivity index (χ3v) is 4.17. The zero-order valence-electron chi connectivity index (χ0n) is 16.9. The molecule has 3 aromatic carbocycles. The molecule has 31 heavy (non-hydrogen) atoms. The highest BCUT2D eigenvalue weighted by Crippen LogP contribution is 2.34. The van der Waals surface area contributed by atoms with Crippen molar-refractivity contribution >= 4 is 22.8 Å². The van der Waals surface area contributed by atoms with Crippen molar-refractivity contribution in [3.63, 3.8) is 0 Å². The molecule has 7 nitrogen and oxygen atoms in total. The molecule has 0 bridgehead atoms. The fourth-order valence-electron chi connectivity index (χ4n) is 2.77. The van der Waals surface area contributed by atoms with E-state index in [1.807, 2.05) is 54.6 Å². The standard InChI is InChI=1S/C24H23NO6/c1-2-23(26)29-17-16-28-15-14-25-24(27)31-22-13-7-10-19-20(22)11-6-12-21(19)30-18-8-4-3-5-9-18/h2-13H,1,14-17H2,(H,25,27). The lowest BCUT2D eigenvalue weighted by Crippen LogP contribution is -2.30. The van der Waals surface area contributed by atoms with Crippen LogP contribution in [0.1, 0.15) is 0 Å². The summed E-state index contributed by atoms with van der Waals surface area (Å²) >= 11 is 0. The van der Waals surface area contributed by atoms with Crippen molar-refractivity contribution < 1.29 is 28.5 Å². The molecule has 0 atom stereocenters. The summed E-state index contributed by atoms with van der Waals surface area (Å²) in [5.74, 6) is 1.31. The van der Waals surface area contributed by atoms with Crippen LogP contribution in [0.25, 0.3) is 10.8 Å². The van der Waals surface area contributed by atoms with Gasteiger partial charge in [-0.15, -0.1) is 0 Å². The molecular weight excluding hydrogens is 398 g/mol. The fraction of sp³-hybridized carbons (Fsp3) is 0.167. The van der Waals surface area contributed by atoms with Gasteiger partial charge in [0.2, 0.25) is 0 Å². The molecule has 1 amide bonds. The average Bonchev–Trinajstić information content (AvgIpc) is 2.79. The number of hydrogen-bond acceptors (Lipinski definition) is 6. The maximum absolute atomic E-state index is 12.1. The van der Waals surface area contributed by atoms with E-state index in [0.29, 0.717) is 11.5 Å². The molecule has 0 saturated carbocycles. The second-order valence-electron chi connectivity index (χ2n) is 6.32. The third kappa shape index (κ3) is 6.58. The zero-order valence-corrected chi connectivity index (χ0v) is 16.9. The largest absolute Gasteiger partial charge is 0.460 e. The van der Waals surface area contributed by atoms with Crippen LogP contribution in [0.2, 0.25) is 0 Å². The molecule has 0 aliphatic carbocycles. The highest BCUT2D eigenvalue weighted by atomic mass is 16.6. The van der Waals surface area contributed by atoms with Crippen molar-refractivity contribution in [2.45, 2.75) is 0 Å². The van der Waals surface area contributed by atoms with Gasteiger partial charge >= 0.3 is 12.1 Å². The minimum Gasteiger partial charge on any atom is -0.460 e. The van der Waals surface area contributed by atoms with Gasteiger partial charge in [0.1, 0.15) is 23.9 Å². The zero-order chi connectivity index (χ0) is 21.9. The Balaban J connectivity index is 1.53. The molecule has 3 rings (SSSR count). The molecule has 7 heteroatoms. The SMILES string of the molecule is C=CC(=O)OCCOCCNC(=O)Oc1cccc2c(Oc3ccccc3)cccc12. The Morgan fingerprint density at radius 2 is 1.55 bits per heavy atom. The Hall–Kier alpha value is -3.84. The molecule has 0 aliphatic heterocycles. The van der Waals surface area contributed by atoms with Crippen LogP contribution in [-0.2, 0) is 14.3 Å². The van der Waals surface area contributed by atoms with Gasteiger partial charge in [-0.1, -0.05) is 49.0 Å². The number of carbonyl (C=O) groups excluding carboxylic acids is 2. The van der Waals surface area contributed by atoms with Crippen molar-refractivity contribution in [1.29, 1.82) is 0 Å². The Labute approximate surface area is 180 Å². The lowest BCUT2D eigenvalue weighted by atomic mass is 10.1. The lowest BCUT2D eigenvalue weighted by Gasteiger charge is -2.12.